The Morgan fingerprint density at radius 1 is 1.28 bits per heavy atom. The first-order valence-corrected chi connectivity index (χ1v) is 8.24. The third-order valence-corrected chi connectivity index (χ3v) is 4.83. The Hall–Kier alpha value is -3.13. The number of carbonyl (C=O) groups is 1. The molecule has 0 saturated heterocycles. The fourth-order valence-corrected chi connectivity index (χ4v) is 3.54. The van der Waals surface area contributed by atoms with Crippen LogP contribution in [0.25, 0.3) is 10.9 Å². The molecule has 0 aliphatic heterocycles. The van der Waals surface area contributed by atoms with Gasteiger partial charge in [-0.2, -0.15) is 5.26 Å². The van der Waals surface area contributed by atoms with Gasteiger partial charge in [0, 0.05) is 22.5 Å². The number of amides is 1. The van der Waals surface area contributed by atoms with Crippen LogP contribution in [0.3, 0.4) is 0 Å². The monoisotopic (exact) mass is 333 g/mol. The van der Waals surface area contributed by atoms with Crippen LogP contribution in [0.1, 0.15) is 23.2 Å². The number of rotatable bonds is 2. The second-order valence-corrected chi connectivity index (χ2v) is 6.36. The van der Waals surface area contributed by atoms with E-state index >= 15 is 0 Å². The van der Waals surface area contributed by atoms with Crippen LogP contribution in [0.2, 0.25) is 0 Å². The van der Waals surface area contributed by atoms with Gasteiger partial charge in [-0.15, -0.1) is 0 Å². The number of nitrogens with zero attached hydrogens (tertiary/aromatic N) is 1. The molecule has 2 N–H and O–H groups in total. The van der Waals surface area contributed by atoms with Gasteiger partial charge in [0.2, 0.25) is 5.91 Å². The van der Waals surface area contributed by atoms with Gasteiger partial charge < -0.3 is 10.3 Å². The summed E-state index contributed by atoms with van der Waals surface area (Å²) >= 11 is 0. The first-order valence-electron chi connectivity index (χ1n) is 8.24. The summed E-state index contributed by atoms with van der Waals surface area (Å²) in [5, 5.41) is 12.9. The second kappa shape index (κ2) is 6.06. The number of fused-ring (bicyclic) bond motifs is 3. The summed E-state index contributed by atoms with van der Waals surface area (Å²) in [6, 6.07) is 13.7. The van der Waals surface area contributed by atoms with Gasteiger partial charge in [0.05, 0.1) is 11.3 Å². The quantitative estimate of drug-likeness (QED) is 0.746. The molecule has 1 heterocycles. The van der Waals surface area contributed by atoms with Gasteiger partial charge in [0.15, 0.2) is 0 Å². The first kappa shape index (κ1) is 15.4. The molecule has 1 amide bonds. The number of para-hydroxylation sites is 1. The van der Waals surface area contributed by atoms with Crippen LogP contribution in [0.5, 0.6) is 0 Å². The Labute approximate surface area is 144 Å². The third-order valence-electron chi connectivity index (χ3n) is 4.83. The van der Waals surface area contributed by atoms with Gasteiger partial charge in [-0.3, -0.25) is 4.79 Å². The lowest BCUT2D eigenvalue weighted by Gasteiger charge is -2.22. The highest BCUT2D eigenvalue weighted by Gasteiger charge is 2.27. The smallest absolute Gasteiger partial charge is 0.227 e. The van der Waals surface area contributed by atoms with Gasteiger partial charge in [-0.1, -0.05) is 12.1 Å². The molecule has 0 spiro atoms. The molecule has 2 aromatic carbocycles. The maximum atomic E-state index is 13.6. The molecule has 4 nitrogen and oxygen atoms in total. The van der Waals surface area contributed by atoms with Gasteiger partial charge in [0.1, 0.15) is 11.9 Å². The summed E-state index contributed by atoms with van der Waals surface area (Å²) in [6.07, 6.45) is 2.05. The zero-order valence-electron chi connectivity index (χ0n) is 13.5. The van der Waals surface area contributed by atoms with E-state index < -0.39 is 0 Å². The minimum absolute atomic E-state index is 0.0981. The Kier molecular flexibility index (Phi) is 3.73. The van der Waals surface area contributed by atoms with Crippen LogP contribution in [0.15, 0.2) is 42.5 Å². The molecule has 0 bridgehead atoms. The van der Waals surface area contributed by atoms with Crippen LogP contribution in [0.4, 0.5) is 10.1 Å². The van der Waals surface area contributed by atoms with Crippen LogP contribution < -0.4 is 5.32 Å². The number of nitriles is 1. The van der Waals surface area contributed by atoms with Crippen molar-refractivity contribution in [1.29, 1.82) is 5.26 Å². The van der Waals surface area contributed by atoms with Crippen molar-refractivity contribution in [3.8, 4) is 6.07 Å². The Balaban J connectivity index is 1.59. The Morgan fingerprint density at radius 2 is 2.12 bits per heavy atom. The predicted octanol–water partition coefficient (Wildman–Crippen LogP) is 3.92. The Morgan fingerprint density at radius 3 is 2.96 bits per heavy atom. The summed E-state index contributed by atoms with van der Waals surface area (Å²) < 4.78 is 13.6. The Bertz CT molecular complexity index is 1020. The lowest BCUT2D eigenvalue weighted by Crippen LogP contribution is -2.28. The van der Waals surface area contributed by atoms with E-state index in [1.807, 2.05) is 0 Å². The molecule has 1 aromatic heterocycles. The lowest BCUT2D eigenvalue weighted by molar-refractivity contribution is -0.120. The number of hydrogen-bond donors (Lipinski definition) is 2. The number of benzene rings is 2. The maximum absolute atomic E-state index is 13.6. The number of carbonyl (C=O) groups excluding carboxylic acids is 1. The fraction of sp³-hybridized carbons (Fsp3) is 0.200. The van der Waals surface area contributed by atoms with Crippen LogP contribution in [0, 0.1) is 23.1 Å². The van der Waals surface area contributed by atoms with Crippen molar-refractivity contribution in [2.75, 3.05) is 5.32 Å². The molecule has 0 saturated carbocycles. The van der Waals surface area contributed by atoms with Crippen molar-refractivity contribution in [2.24, 2.45) is 5.92 Å². The summed E-state index contributed by atoms with van der Waals surface area (Å²) in [4.78, 5) is 16.0. The van der Waals surface area contributed by atoms with E-state index in [2.05, 4.69) is 16.4 Å². The number of H-pyrrole nitrogens is 1. The average molecular weight is 333 g/mol. The highest BCUT2D eigenvalue weighted by atomic mass is 19.1. The highest BCUT2D eigenvalue weighted by molar-refractivity contribution is 5.95. The minimum Gasteiger partial charge on any atom is -0.358 e. The summed E-state index contributed by atoms with van der Waals surface area (Å²) in [7, 11) is 0. The molecule has 4 rings (SSSR count). The summed E-state index contributed by atoms with van der Waals surface area (Å²) in [6.45, 7) is 0. The number of anilines is 1. The number of aromatic amines is 1. The van der Waals surface area contributed by atoms with E-state index in [4.69, 9.17) is 5.26 Å². The molecular formula is C20H16FN3O. The third kappa shape index (κ3) is 2.76. The molecule has 25 heavy (non-hydrogen) atoms. The maximum Gasteiger partial charge on any atom is 0.227 e. The van der Waals surface area contributed by atoms with Crippen molar-refractivity contribution in [1.82, 2.24) is 4.98 Å². The molecule has 1 unspecified atom stereocenters. The SMILES string of the molecule is N#Cc1ccccc1NC(=O)C1CCc2[nH]c3ccc(F)cc3c2C1. The van der Waals surface area contributed by atoms with E-state index in [9.17, 15) is 9.18 Å². The number of hydrogen-bond acceptors (Lipinski definition) is 2. The number of aryl methyl sites for hydroxylation is 1. The molecule has 5 heteroatoms. The molecule has 124 valence electrons. The second-order valence-electron chi connectivity index (χ2n) is 6.36. The zero-order valence-corrected chi connectivity index (χ0v) is 13.5. The van der Waals surface area contributed by atoms with Crippen molar-refractivity contribution < 1.29 is 9.18 Å². The van der Waals surface area contributed by atoms with Gasteiger partial charge in [-0.25, -0.2) is 4.39 Å². The average Bonchev–Trinajstić information content (AvgIpc) is 2.99. The molecule has 3 aromatic rings. The summed E-state index contributed by atoms with van der Waals surface area (Å²) in [5.74, 6) is -0.565. The number of aromatic nitrogens is 1. The topological polar surface area (TPSA) is 68.7 Å². The summed E-state index contributed by atoms with van der Waals surface area (Å²) in [5.41, 5.74) is 3.99. The largest absolute Gasteiger partial charge is 0.358 e. The van der Waals surface area contributed by atoms with Crippen molar-refractivity contribution in [3.05, 3.63) is 65.1 Å². The first-order chi connectivity index (χ1) is 12.2. The van der Waals surface area contributed by atoms with Gasteiger partial charge >= 0.3 is 0 Å². The molecule has 0 radical (unpaired) electrons. The van der Waals surface area contributed by atoms with Gasteiger partial charge in [-0.05, 0) is 55.2 Å². The molecule has 0 fully saturated rings. The van der Waals surface area contributed by atoms with Crippen molar-refractivity contribution in [3.63, 3.8) is 0 Å². The molecular weight excluding hydrogens is 317 g/mol. The van der Waals surface area contributed by atoms with Crippen molar-refractivity contribution >= 4 is 22.5 Å². The van der Waals surface area contributed by atoms with E-state index in [1.54, 1.807) is 30.3 Å². The molecule has 1 atom stereocenters. The number of halogens is 1. The lowest BCUT2D eigenvalue weighted by atomic mass is 9.85. The van der Waals surface area contributed by atoms with E-state index in [1.165, 1.54) is 12.1 Å². The van der Waals surface area contributed by atoms with Crippen LogP contribution in [-0.2, 0) is 17.6 Å². The normalized spacial score (nSPS) is 16.2. The van der Waals surface area contributed by atoms with E-state index in [0.29, 0.717) is 17.7 Å². The fourth-order valence-electron chi connectivity index (χ4n) is 3.54. The number of nitrogens with one attached hydrogen (secondary N) is 2. The van der Waals surface area contributed by atoms with E-state index in [-0.39, 0.29) is 17.6 Å². The highest BCUT2D eigenvalue weighted by Crippen LogP contribution is 2.32. The van der Waals surface area contributed by atoms with Gasteiger partial charge in [0.25, 0.3) is 0 Å². The molecule has 1 aliphatic carbocycles. The van der Waals surface area contributed by atoms with Crippen LogP contribution in [-0.4, -0.2) is 10.9 Å². The predicted molar refractivity (Wildman–Crippen MR) is 93.6 cm³/mol. The molecule has 1 aliphatic rings. The zero-order chi connectivity index (χ0) is 17.4. The van der Waals surface area contributed by atoms with Crippen LogP contribution >= 0.6 is 0 Å². The van der Waals surface area contributed by atoms with Crippen molar-refractivity contribution in [2.45, 2.75) is 19.3 Å². The standard InChI is InChI=1S/C20H16FN3O/c21-14-6-8-19-16(10-14)15-9-12(5-7-18(15)23-19)20(25)24-17-4-2-1-3-13(17)11-22/h1-4,6,8,10,12,23H,5,7,9H2,(H,24,25). The van der Waals surface area contributed by atoms with E-state index in [0.717, 1.165) is 35.0 Å². The minimum atomic E-state index is -0.274.